The molecule has 1 rings (SSSR count). The molecule has 1 aliphatic carbocycles. The number of nitrogens with two attached hydrogens (primary N) is 1. The van der Waals surface area contributed by atoms with Crippen molar-refractivity contribution in [1.29, 1.82) is 0 Å². The molecule has 1 saturated carbocycles. The van der Waals surface area contributed by atoms with Crippen LogP contribution in [0.3, 0.4) is 0 Å². The van der Waals surface area contributed by atoms with Crippen LogP contribution in [0.5, 0.6) is 0 Å². The zero-order valence-corrected chi connectivity index (χ0v) is 10.3. The molecule has 17 heavy (non-hydrogen) atoms. The highest BCUT2D eigenvalue weighted by Gasteiger charge is 2.28. The topological polar surface area (TPSA) is 104 Å². The molecule has 0 unspecified atom stereocenters. The molecule has 2 amide bonds. The van der Waals surface area contributed by atoms with Gasteiger partial charge in [0.15, 0.2) is 0 Å². The van der Waals surface area contributed by atoms with E-state index in [2.05, 4.69) is 10.6 Å². The molecule has 0 heterocycles. The van der Waals surface area contributed by atoms with E-state index in [9.17, 15) is 9.59 Å². The average Bonchev–Trinajstić information content (AvgIpc) is 2.22. The quantitative estimate of drug-likeness (QED) is 0.483. The Labute approximate surface area is 101 Å². The summed E-state index contributed by atoms with van der Waals surface area (Å²) in [5.74, 6) is -0.519. The van der Waals surface area contributed by atoms with Gasteiger partial charge in [-0.25, -0.2) is 0 Å². The predicted molar refractivity (Wildman–Crippen MR) is 63.0 cm³/mol. The van der Waals surface area contributed by atoms with Crippen LogP contribution < -0.4 is 16.4 Å². The molecule has 5 N–H and O–H groups in total. The fourth-order valence-electron chi connectivity index (χ4n) is 1.57. The Hall–Kier alpha value is -1.14. The molecule has 1 atom stereocenters. The number of nitrogens with one attached hydrogen (secondary N) is 2. The Kier molecular flexibility index (Phi) is 4.89. The van der Waals surface area contributed by atoms with Gasteiger partial charge in [-0.05, 0) is 18.8 Å². The molecule has 0 saturated heterocycles. The van der Waals surface area contributed by atoms with Crippen LogP contribution in [-0.4, -0.2) is 41.7 Å². The summed E-state index contributed by atoms with van der Waals surface area (Å²) in [6.45, 7) is 3.63. The van der Waals surface area contributed by atoms with Gasteiger partial charge in [-0.2, -0.15) is 0 Å². The summed E-state index contributed by atoms with van der Waals surface area (Å²) in [5, 5.41) is 14.3. The molecular formula is C11H21N3O3. The van der Waals surface area contributed by atoms with Crippen molar-refractivity contribution in [3.8, 4) is 0 Å². The Bertz CT molecular complexity index is 288. The molecule has 0 aromatic rings. The molecule has 6 heteroatoms. The number of hydrogen-bond donors (Lipinski definition) is 4. The largest absolute Gasteiger partial charge is 0.393 e. The predicted octanol–water partition coefficient (Wildman–Crippen LogP) is -1.27. The fourth-order valence-corrected chi connectivity index (χ4v) is 1.57. The van der Waals surface area contributed by atoms with E-state index in [0.29, 0.717) is 12.8 Å². The maximum atomic E-state index is 11.5. The first-order valence-corrected chi connectivity index (χ1v) is 5.91. The maximum absolute atomic E-state index is 11.5. The second-order valence-electron chi connectivity index (χ2n) is 4.88. The number of aliphatic hydroxyl groups is 1. The van der Waals surface area contributed by atoms with Crippen molar-refractivity contribution in [3.63, 3.8) is 0 Å². The molecule has 1 aliphatic rings. The third-order valence-corrected chi connectivity index (χ3v) is 2.92. The van der Waals surface area contributed by atoms with Gasteiger partial charge in [0.1, 0.15) is 0 Å². The molecule has 98 valence electrons. The molecule has 0 aromatic heterocycles. The second-order valence-corrected chi connectivity index (χ2v) is 4.88. The second kappa shape index (κ2) is 5.97. The lowest BCUT2D eigenvalue weighted by molar-refractivity contribution is -0.128. The minimum atomic E-state index is -0.590. The van der Waals surface area contributed by atoms with E-state index in [1.54, 1.807) is 0 Å². The fraction of sp³-hybridized carbons (Fsp3) is 0.818. The van der Waals surface area contributed by atoms with Crippen molar-refractivity contribution in [2.45, 2.75) is 44.9 Å². The SMILES string of the molecule is CC(C)[C@H](N)C(=O)NCC(=O)NC1CC(O)C1. The molecule has 1 fully saturated rings. The van der Waals surface area contributed by atoms with Gasteiger partial charge in [-0.15, -0.1) is 0 Å². The first-order valence-electron chi connectivity index (χ1n) is 5.91. The van der Waals surface area contributed by atoms with Crippen molar-refractivity contribution >= 4 is 11.8 Å². The standard InChI is InChI=1S/C11H21N3O3/c1-6(2)10(12)11(17)13-5-9(16)14-7-3-8(15)4-7/h6-8,10,15H,3-5,12H2,1-2H3,(H,13,17)(H,14,16)/t7?,8?,10-/m0/s1. The van der Waals surface area contributed by atoms with Crippen LogP contribution in [0.25, 0.3) is 0 Å². The highest BCUT2D eigenvalue weighted by Crippen LogP contribution is 2.18. The van der Waals surface area contributed by atoms with E-state index in [1.165, 1.54) is 0 Å². The molecule has 0 spiro atoms. The summed E-state index contributed by atoms with van der Waals surface area (Å²) >= 11 is 0. The summed E-state index contributed by atoms with van der Waals surface area (Å²) in [7, 11) is 0. The summed E-state index contributed by atoms with van der Waals surface area (Å²) in [6, 6.07) is -0.554. The first-order chi connectivity index (χ1) is 7.90. The molecule has 0 aliphatic heterocycles. The van der Waals surface area contributed by atoms with Crippen LogP contribution >= 0.6 is 0 Å². The van der Waals surface area contributed by atoms with E-state index in [4.69, 9.17) is 10.8 Å². The Morgan fingerprint density at radius 1 is 1.41 bits per heavy atom. The van der Waals surface area contributed by atoms with Crippen molar-refractivity contribution in [2.75, 3.05) is 6.54 Å². The normalized spacial score (nSPS) is 25.0. The van der Waals surface area contributed by atoms with E-state index >= 15 is 0 Å². The molecule has 6 nitrogen and oxygen atoms in total. The number of hydrogen-bond acceptors (Lipinski definition) is 4. The van der Waals surface area contributed by atoms with Gasteiger partial charge in [-0.1, -0.05) is 13.8 Å². The van der Waals surface area contributed by atoms with Crippen LogP contribution in [0.15, 0.2) is 0 Å². The lowest BCUT2D eigenvalue weighted by Crippen LogP contribution is -2.51. The number of rotatable bonds is 5. The summed E-state index contributed by atoms with van der Waals surface area (Å²) in [5.41, 5.74) is 5.63. The monoisotopic (exact) mass is 243 g/mol. The lowest BCUT2D eigenvalue weighted by Gasteiger charge is -2.32. The van der Waals surface area contributed by atoms with Crippen molar-refractivity contribution < 1.29 is 14.7 Å². The summed E-state index contributed by atoms with van der Waals surface area (Å²) < 4.78 is 0. The molecule has 0 aromatic carbocycles. The minimum Gasteiger partial charge on any atom is -0.393 e. The van der Waals surface area contributed by atoms with Gasteiger partial charge in [0.2, 0.25) is 11.8 Å². The van der Waals surface area contributed by atoms with Gasteiger partial charge in [0.05, 0.1) is 18.7 Å². The Balaban J connectivity index is 2.17. The number of carbonyl (C=O) groups is 2. The van der Waals surface area contributed by atoms with E-state index < -0.39 is 6.04 Å². The van der Waals surface area contributed by atoms with E-state index in [1.807, 2.05) is 13.8 Å². The third kappa shape index (κ3) is 4.32. The number of aliphatic hydroxyl groups excluding tert-OH is 1. The summed E-state index contributed by atoms with van der Waals surface area (Å²) in [4.78, 5) is 22.9. The van der Waals surface area contributed by atoms with Gasteiger partial charge in [-0.3, -0.25) is 9.59 Å². The molecule has 0 bridgehead atoms. The highest BCUT2D eigenvalue weighted by molar-refractivity contribution is 5.87. The molecular weight excluding hydrogens is 222 g/mol. The van der Waals surface area contributed by atoms with Gasteiger partial charge in [0.25, 0.3) is 0 Å². The Morgan fingerprint density at radius 3 is 2.47 bits per heavy atom. The van der Waals surface area contributed by atoms with Gasteiger partial charge < -0.3 is 21.5 Å². The van der Waals surface area contributed by atoms with Crippen molar-refractivity contribution in [3.05, 3.63) is 0 Å². The Morgan fingerprint density at radius 2 is 2.00 bits per heavy atom. The van der Waals surface area contributed by atoms with Crippen LogP contribution in [0, 0.1) is 5.92 Å². The smallest absolute Gasteiger partial charge is 0.239 e. The van der Waals surface area contributed by atoms with Crippen molar-refractivity contribution in [2.24, 2.45) is 11.7 Å². The highest BCUT2D eigenvalue weighted by atomic mass is 16.3. The summed E-state index contributed by atoms with van der Waals surface area (Å²) in [6.07, 6.45) is 0.875. The van der Waals surface area contributed by atoms with Crippen molar-refractivity contribution in [1.82, 2.24) is 10.6 Å². The third-order valence-electron chi connectivity index (χ3n) is 2.92. The molecule has 0 radical (unpaired) electrons. The van der Waals surface area contributed by atoms with Gasteiger partial charge >= 0.3 is 0 Å². The zero-order valence-electron chi connectivity index (χ0n) is 10.3. The zero-order chi connectivity index (χ0) is 13.0. The lowest BCUT2D eigenvalue weighted by atomic mass is 9.89. The average molecular weight is 243 g/mol. The minimum absolute atomic E-state index is 0.0353. The van der Waals surface area contributed by atoms with E-state index in [-0.39, 0.29) is 36.4 Å². The van der Waals surface area contributed by atoms with Crippen LogP contribution in [0.1, 0.15) is 26.7 Å². The van der Waals surface area contributed by atoms with E-state index in [0.717, 1.165) is 0 Å². The first kappa shape index (κ1) is 13.9. The maximum Gasteiger partial charge on any atom is 0.239 e. The number of carbonyl (C=O) groups excluding carboxylic acids is 2. The van der Waals surface area contributed by atoms with Gasteiger partial charge in [0, 0.05) is 6.04 Å². The van der Waals surface area contributed by atoms with Crippen LogP contribution in [0.2, 0.25) is 0 Å². The van der Waals surface area contributed by atoms with Crippen LogP contribution in [0.4, 0.5) is 0 Å². The van der Waals surface area contributed by atoms with Crippen LogP contribution in [-0.2, 0) is 9.59 Å². The number of amides is 2.